The first-order valence-corrected chi connectivity index (χ1v) is 9.77. The minimum atomic E-state index is -0.331. The average molecular weight is 367 g/mol. The highest BCUT2D eigenvalue weighted by atomic mass is 32.1. The number of carbonyl (C=O) groups excluding carboxylic acids is 1. The monoisotopic (exact) mass is 367 g/mol. The maximum atomic E-state index is 12.2. The van der Waals surface area contributed by atoms with E-state index < -0.39 is 0 Å². The fourth-order valence-electron chi connectivity index (χ4n) is 3.48. The first kappa shape index (κ1) is 17.0. The molecule has 26 heavy (non-hydrogen) atoms. The summed E-state index contributed by atoms with van der Waals surface area (Å²) in [5.41, 5.74) is 2.58. The zero-order valence-electron chi connectivity index (χ0n) is 14.9. The molecular weight excluding hydrogens is 346 g/mol. The van der Waals surface area contributed by atoms with E-state index in [9.17, 15) is 4.79 Å². The first-order valence-electron chi connectivity index (χ1n) is 8.95. The van der Waals surface area contributed by atoms with Crippen LogP contribution < -0.4 is 5.32 Å². The van der Waals surface area contributed by atoms with Crippen LogP contribution in [-0.2, 0) is 17.6 Å². The van der Waals surface area contributed by atoms with Gasteiger partial charge in [-0.3, -0.25) is 0 Å². The highest BCUT2D eigenvalue weighted by Gasteiger charge is 2.23. The van der Waals surface area contributed by atoms with E-state index in [0.717, 1.165) is 28.9 Å². The van der Waals surface area contributed by atoms with E-state index in [1.807, 2.05) is 18.2 Å². The predicted molar refractivity (Wildman–Crippen MR) is 104 cm³/mol. The quantitative estimate of drug-likeness (QED) is 0.675. The van der Waals surface area contributed by atoms with Gasteiger partial charge in [-0.25, -0.2) is 14.8 Å². The molecule has 0 radical (unpaired) electrons. The summed E-state index contributed by atoms with van der Waals surface area (Å²) in [6.45, 7) is 4.45. The van der Waals surface area contributed by atoms with Gasteiger partial charge in [-0.2, -0.15) is 0 Å². The van der Waals surface area contributed by atoms with Crippen LogP contribution in [0, 0.1) is 5.92 Å². The molecule has 0 saturated heterocycles. The second kappa shape index (κ2) is 7.03. The number of hydrogen-bond donors (Lipinski definition) is 1. The molecule has 3 aromatic rings. The van der Waals surface area contributed by atoms with Crippen molar-refractivity contribution in [3.8, 4) is 0 Å². The van der Waals surface area contributed by atoms with Gasteiger partial charge in [-0.1, -0.05) is 19.1 Å². The summed E-state index contributed by atoms with van der Waals surface area (Å²) in [7, 11) is 0. The molecule has 5 nitrogen and oxygen atoms in total. The Balaban J connectivity index is 1.76. The van der Waals surface area contributed by atoms with Crippen LogP contribution in [0.1, 0.15) is 41.1 Å². The number of nitrogens with one attached hydrogen (secondary N) is 1. The number of aromatic nitrogens is 2. The largest absolute Gasteiger partial charge is 0.462 e. The van der Waals surface area contributed by atoms with Crippen LogP contribution in [-0.4, -0.2) is 22.5 Å². The van der Waals surface area contributed by atoms with E-state index in [-0.39, 0.29) is 5.97 Å². The molecule has 1 aromatic carbocycles. The summed E-state index contributed by atoms with van der Waals surface area (Å²) in [4.78, 5) is 23.6. The van der Waals surface area contributed by atoms with E-state index in [1.165, 1.54) is 16.9 Å². The summed E-state index contributed by atoms with van der Waals surface area (Å²) < 4.78 is 5.17. The lowest BCUT2D eigenvalue weighted by atomic mass is 9.89. The van der Waals surface area contributed by atoms with Crippen LogP contribution in [0.15, 0.2) is 30.6 Å². The molecule has 1 aliphatic rings. The van der Waals surface area contributed by atoms with Gasteiger partial charge >= 0.3 is 5.97 Å². The lowest BCUT2D eigenvalue weighted by Gasteiger charge is -2.18. The third-order valence-electron chi connectivity index (χ3n) is 4.77. The van der Waals surface area contributed by atoms with Crippen LogP contribution >= 0.6 is 11.3 Å². The third-order valence-corrected chi connectivity index (χ3v) is 5.93. The van der Waals surface area contributed by atoms with Gasteiger partial charge < -0.3 is 10.1 Å². The number of carbonyl (C=O) groups is 1. The van der Waals surface area contributed by atoms with Crippen molar-refractivity contribution in [2.45, 2.75) is 33.1 Å². The smallest absolute Gasteiger partial charge is 0.340 e. The number of thiophene rings is 1. The van der Waals surface area contributed by atoms with Crippen LogP contribution in [0.25, 0.3) is 10.2 Å². The molecular formula is C20H21N3O2S. The average Bonchev–Trinajstić information content (AvgIpc) is 3.00. The van der Waals surface area contributed by atoms with Gasteiger partial charge in [0, 0.05) is 4.88 Å². The number of anilines is 2. The highest BCUT2D eigenvalue weighted by Crippen LogP contribution is 2.40. The van der Waals surface area contributed by atoms with Gasteiger partial charge in [0.1, 0.15) is 17.0 Å². The Bertz CT molecular complexity index is 967. The molecule has 1 atom stereocenters. The minimum Gasteiger partial charge on any atom is -0.462 e. The van der Waals surface area contributed by atoms with Crippen LogP contribution in [0.2, 0.25) is 0 Å². The second-order valence-electron chi connectivity index (χ2n) is 6.65. The van der Waals surface area contributed by atoms with Crippen molar-refractivity contribution in [1.29, 1.82) is 0 Å². The standard InChI is InChI=1S/C20H21N3O2S/c1-3-25-20(24)13-6-4-5-7-15(13)23-18-17-14-9-8-12(2)10-16(14)26-19(17)22-11-21-18/h4-7,11-12H,3,8-10H2,1-2H3,(H,21,22,23)/t12-/m0/s1. The first-order chi connectivity index (χ1) is 12.7. The maximum absolute atomic E-state index is 12.2. The topological polar surface area (TPSA) is 64.1 Å². The summed E-state index contributed by atoms with van der Waals surface area (Å²) >= 11 is 1.76. The number of benzene rings is 1. The van der Waals surface area contributed by atoms with Gasteiger partial charge in [0.25, 0.3) is 0 Å². The fourth-order valence-corrected chi connectivity index (χ4v) is 4.83. The zero-order valence-corrected chi connectivity index (χ0v) is 15.7. The summed E-state index contributed by atoms with van der Waals surface area (Å²) in [5, 5.41) is 4.45. The molecule has 1 aliphatic carbocycles. The Morgan fingerprint density at radius 3 is 3.04 bits per heavy atom. The van der Waals surface area contributed by atoms with Gasteiger partial charge in [-0.05, 0) is 49.8 Å². The van der Waals surface area contributed by atoms with Crippen molar-refractivity contribution in [3.05, 3.63) is 46.6 Å². The van der Waals surface area contributed by atoms with E-state index in [0.29, 0.717) is 23.8 Å². The van der Waals surface area contributed by atoms with Crippen molar-refractivity contribution in [2.24, 2.45) is 5.92 Å². The summed E-state index contributed by atoms with van der Waals surface area (Å²) in [6.07, 6.45) is 4.93. The van der Waals surface area contributed by atoms with Crippen molar-refractivity contribution in [1.82, 2.24) is 9.97 Å². The Kier molecular flexibility index (Phi) is 4.59. The number of esters is 1. The number of aryl methyl sites for hydroxylation is 1. The molecule has 2 heterocycles. The number of para-hydroxylation sites is 1. The molecule has 0 unspecified atom stereocenters. The molecule has 0 spiro atoms. The molecule has 6 heteroatoms. The van der Waals surface area contributed by atoms with Crippen molar-refractivity contribution >= 4 is 39.0 Å². The molecule has 0 fully saturated rings. The van der Waals surface area contributed by atoms with E-state index in [1.54, 1.807) is 30.7 Å². The van der Waals surface area contributed by atoms with Crippen molar-refractivity contribution < 1.29 is 9.53 Å². The molecule has 0 saturated carbocycles. The lowest BCUT2D eigenvalue weighted by Crippen LogP contribution is -2.10. The van der Waals surface area contributed by atoms with Crippen LogP contribution in [0.4, 0.5) is 11.5 Å². The van der Waals surface area contributed by atoms with Gasteiger partial charge in [-0.15, -0.1) is 11.3 Å². The Morgan fingerprint density at radius 2 is 2.19 bits per heavy atom. The summed E-state index contributed by atoms with van der Waals surface area (Å²) in [6, 6.07) is 7.37. The highest BCUT2D eigenvalue weighted by molar-refractivity contribution is 7.19. The Morgan fingerprint density at radius 1 is 1.35 bits per heavy atom. The van der Waals surface area contributed by atoms with Crippen molar-refractivity contribution in [2.75, 3.05) is 11.9 Å². The molecule has 2 aromatic heterocycles. The van der Waals surface area contributed by atoms with Gasteiger partial charge in [0.2, 0.25) is 0 Å². The Hall–Kier alpha value is -2.47. The predicted octanol–water partition coefficient (Wildman–Crippen LogP) is 4.74. The SMILES string of the molecule is CCOC(=O)c1ccccc1Nc1ncnc2sc3c(c12)CC[C@H](C)C3. The van der Waals surface area contributed by atoms with E-state index in [2.05, 4.69) is 22.2 Å². The Labute approximate surface area is 156 Å². The number of hydrogen-bond acceptors (Lipinski definition) is 6. The zero-order chi connectivity index (χ0) is 18.1. The van der Waals surface area contributed by atoms with E-state index in [4.69, 9.17) is 4.74 Å². The maximum Gasteiger partial charge on any atom is 0.340 e. The lowest BCUT2D eigenvalue weighted by molar-refractivity contribution is 0.0527. The van der Waals surface area contributed by atoms with Gasteiger partial charge in [0.15, 0.2) is 0 Å². The fraction of sp³-hybridized carbons (Fsp3) is 0.350. The normalized spacial score (nSPS) is 16.3. The van der Waals surface area contributed by atoms with Crippen LogP contribution in [0.3, 0.4) is 0 Å². The van der Waals surface area contributed by atoms with Crippen LogP contribution in [0.5, 0.6) is 0 Å². The summed E-state index contributed by atoms with van der Waals surface area (Å²) in [5.74, 6) is 1.14. The molecule has 0 aliphatic heterocycles. The number of fused-ring (bicyclic) bond motifs is 3. The molecule has 0 bridgehead atoms. The number of ether oxygens (including phenoxy) is 1. The molecule has 134 valence electrons. The van der Waals surface area contributed by atoms with Crippen molar-refractivity contribution in [3.63, 3.8) is 0 Å². The third kappa shape index (κ3) is 3.05. The molecule has 0 amide bonds. The van der Waals surface area contributed by atoms with Gasteiger partial charge in [0.05, 0.1) is 23.2 Å². The molecule has 1 N–H and O–H groups in total. The second-order valence-corrected chi connectivity index (χ2v) is 7.73. The molecule has 4 rings (SSSR count). The minimum absolute atomic E-state index is 0.331. The number of rotatable bonds is 4. The number of nitrogens with zero attached hydrogens (tertiary/aromatic N) is 2. The van der Waals surface area contributed by atoms with E-state index >= 15 is 0 Å².